The van der Waals surface area contributed by atoms with Crippen LogP contribution in [0, 0.1) is 5.82 Å². The number of anilines is 1. The molecule has 1 aliphatic rings. The number of fused-ring (bicyclic) bond motifs is 1. The molecule has 3 aromatic heterocycles. The maximum atomic E-state index is 14.3. The molecule has 1 fully saturated rings. The number of hydrogen-bond acceptors (Lipinski definition) is 5. The summed E-state index contributed by atoms with van der Waals surface area (Å²) in [6.45, 7) is 0. The van der Waals surface area contributed by atoms with Crippen molar-refractivity contribution in [1.82, 2.24) is 19.4 Å². The first-order valence-corrected chi connectivity index (χ1v) is 8.18. The van der Waals surface area contributed by atoms with Gasteiger partial charge in [-0.05, 0) is 37.8 Å². The van der Waals surface area contributed by atoms with Crippen molar-refractivity contribution in [3.63, 3.8) is 0 Å². The van der Waals surface area contributed by atoms with Gasteiger partial charge in [0.15, 0.2) is 5.82 Å². The number of nitrogens with zero attached hydrogens (tertiary/aromatic N) is 4. The van der Waals surface area contributed by atoms with Gasteiger partial charge in [0.05, 0.1) is 18.1 Å². The number of nitrogens with one attached hydrogen (secondary N) is 1. The van der Waals surface area contributed by atoms with E-state index in [4.69, 9.17) is 5.73 Å². The topological polar surface area (TPSA) is 81.1 Å². The molecule has 0 amide bonds. The summed E-state index contributed by atoms with van der Waals surface area (Å²) in [6, 6.07) is 6.20. The molecule has 0 unspecified atom stereocenters. The minimum atomic E-state index is -0.461. The van der Waals surface area contributed by atoms with Crippen molar-refractivity contribution in [1.29, 1.82) is 0 Å². The summed E-state index contributed by atoms with van der Waals surface area (Å²) in [6.07, 6.45) is 8.61. The van der Waals surface area contributed by atoms with Crippen LogP contribution < -0.4 is 11.1 Å². The normalized spacial score (nSPS) is 21.1. The van der Waals surface area contributed by atoms with E-state index in [0.29, 0.717) is 11.6 Å². The summed E-state index contributed by atoms with van der Waals surface area (Å²) >= 11 is 0. The van der Waals surface area contributed by atoms with Crippen LogP contribution in [0.3, 0.4) is 0 Å². The quantitative estimate of drug-likeness (QED) is 0.773. The highest BCUT2D eigenvalue weighted by Gasteiger charge is 2.20. The molecule has 0 aromatic carbocycles. The zero-order valence-corrected chi connectivity index (χ0v) is 13.2. The molecule has 4 rings (SSSR count). The van der Waals surface area contributed by atoms with Gasteiger partial charge in [-0.15, -0.1) is 0 Å². The van der Waals surface area contributed by atoms with Crippen LogP contribution in [-0.2, 0) is 0 Å². The zero-order valence-electron chi connectivity index (χ0n) is 13.2. The molecule has 0 spiro atoms. The Kier molecular flexibility index (Phi) is 3.86. The number of hydrogen-bond donors (Lipinski definition) is 2. The average Bonchev–Trinajstić information content (AvgIpc) is 3.03. The van der Waals surface area contributed by atoms with Crippen LogP contribution in [0.5, 0.6) is 0 Å². The van der Waals surface area contributed by atoms with E-state index in [1.54, 1.807) is 6.20 Å². The predicted octanol–water partition coefficient (Wildman–Crippen LogP) is 2.61. The van der Waals surface area contributed by atoms with Gasteiger partial charge in [0.1, 0.15) is 11.3 Å². The number of pyridine rings is 1. The Bertz CT molecular complexity index is 853. The van der Waals surface area contributed by atoms with E-state index in [1.165, 1.54) is 6.20 Å². The molecule has 1 saturated carbocycles. The lowest BCUT2D eigenvalue weighted by Gasteiger charge is -2.26. The first-order valence-electron chi connectivity index (χ1n) is 8.18. The van der Waals surface area contributed by atoms with Gasteiger partial charge in [0.25, 0.3) is 0 Å². The van der Waals surface area contributed by atoms with Gasteiger partial charge >= 0.3 is 0 Å². The summed E-state index contributed by atoms with van der Waals surface area (Å²) in [5.41, 5.74) is 7.54. The molecule has 3 aromatic rings. The van der Waals surface area contributed by atoms with Crippen molar-refractivity contribution >= 4 is 11.6 Å². The summed E-state index contributed by atoms with van der Waals surface area (Å²) < 4.78 is 16.1. The summed E-state index contributed by atoms with van der Waals surface area (Å²) in [5, 5.41) is 3.30. The van der Waals surface area contributed by atoms with Gasteiger partial charge in [0, 0.05) is 18.3 Å². The van der Waals surface area contributed by atoms with Crippen LogP contribution >= 0.6 is 0 Å². The Morgan fingerprint density at radius 3 is 2.79 bits per heavy atom. The third kappa shape index (κ3) is 2.82. The van der Waals surface area contributed by atoms with E-state index in [1.807, 2.05) is 28.8 Å². The Morgan fingerprint density at radius 2 is 1.96 bits per heavy atom. The Labute approximate surface area is 139 Å². The second-order valence-electron chi connectivity index (χ2n) is 6.22. The largest absolute Gasteiger partial charge is 0.351 e. The average molecular weight is 326 g/mol. The third-order valence-corrected chi connectivity index (χ3v) is 4.51. The Hall–Kier alpha value is -2.54. The standard InChI is InChI=1S/C17H19FN6/c18-13-9-21-17(22-12-6-4-11(19)5-7-12)23-16(13)14-10-20-15-3-1-2-8-24(14)15/h1-3,8-12H,4-7,19H2,(H,21,22,23). The van der Waals surface area contributed by atoms with E-state index in [2.05, 4.69) is 20.3 Å². The minimum Gasteiger partial charge on any atom is -0.351 e. The van der Waals surface area contributed by atoms with Gasteiger partial charge in [-0.2, -0.15) is 0 Å². The van der Waals surface area contributed by atoms with Crippen LogP contribution in [-0.4, -0.2) is 31.4 Å². The summed E-state index contributed by atoms with van der Waals surface area (Å²) in [5.74, 6) is -0.0189. The fraction of sp³-hybridized carbons (Fsp3) is 0.353. The SMILES string of the molecule is NC1CCC(Nc2ncc(F)c(-c3cnc4ccccn34)n2)CC1. The van der Waals surface area contributed by atoms with Gasteiger partial charge in [0.2, 0.25) is 5.95 Å². The van der Waals surface area contributed by atoms with Gasteiger partial charge < -0.3 is 11.1 Å². The van der Waals surface area contributed by atoms with Gasteiger partial charge in [-0.25, -0.2) is 19.3 Å². The minimum absolute atomic E-state index is 0.249. The highest BCUT2D eigenvalue weighted by molar-refractivity contribution is 5.61. The molecule has 7 heteroatoms. The van der Waals surface area contributed by atoms with E-state index in [9.17, 15) is 4.39 Å². The molecule has 0 bridgehead atoms. The molecule has 0 saturated heterocycles. The highest BCUT2D eigenvalue weighted by Crippen LogP contribution is 2.24. The molecule has 124 valence electrons. The van der Waals surface area contributed by atoms with E-state index < -0.39 is 5.82 Å². The molecule has 3 N–H and O–H groups in total. The number of imidazole rings is 1. The summed E-state index contributed by atoms with van der Waals surface area (Å²) in [4.78, 5) is 12.8. The van der Waals surface area contributed by atoms with Crippen molar-refractivity contribution in [2.24, 2.45) is 5.73 Å². The number of nitrogens with two attached hydrogens (primary N) is 1. The van der Waals surface area contributed by atoms with E-state index >= 15 is 0 Å². The maximum absolute atomic E-state index is 14.3. The van der Waals surface area contributed by atoms with Crippen LogP contribution in [0.2, 0.25) is 0 Å². The number of rotatable bonds is 3. The second kappa shape index (κ2) is 6.16. The van der Waals surface area contributed by atoms with Gasteiger partial charge in [-0.3, -0.25) is 4.40 Å². The molecule has 6 nitrogen and oxygen atoms in total. The van der Waals surface area contributed by atoms with Crippen LogP contribution in [0.4, 0.5) is 10.3 Å². The Balaban J connectivity index is 1.64. The lowest BCUT2D eigenvalue weighted by Crippen LogP contribution is -2.33. The molecular formula is C17H19FN6. The van der Waals surface area contributed by atoms with Crippen molar-refractivity contribution in [3.05, 3.63) is 42.6 Å². The predicted molar refractivity (Wildman–Crippen MR) is 90.0 cm³/mol. The first kappa shape index (κ1) is 15.0. The van der Waals surface area contributed by atoms with Crippen molar-refractivity contribution in [2.45, 2.75) is 37.8 Å². The number of halogens is 1. The molecule has 0 atom stereocenters. The third-order valence-electron chi connectivity index (χ3n) is 4.51. The molecule has 1 aliphatic carbocycles. The Morgan fingerprint density at radius 1 is 1.12 bits per heavy atom. The zero-order chi connectivity index (χ0) is 16.5. The first-order chi connectivity index (χ1) is 11.7. The van der Waals surface area contributed by atoms with E-state index in [0.717, 1.165) is 31.3 Å². The fourth-order valence-corrected chi connectivity index (χ4v) is 3.17. The van der Waals surface area contributed by atoms with Gasteiger partial charge in [-0.1, -0.05) is 6.07 Å². The molecule has 24 heavy (non-hydrogen) atoms. The van der Waals surface area contributed by atoms with Crippen molar-refractivity contribution in [3.8, 4) is 11.4 Å². The number of aromatic nitrogens is 4. The lowest BCUT2D eigenvalue weighted by molar-refractivity contribution is 0.409. The summed E-state index contributed by atoms with van der Waals surface area (Å²) in [7, 11) is 0. The molecule has 0 radical (unpaired) electrons. The van der Waals surface area contributed by atoms with Crippen LogP contribution in [0.15, 0.2) is 36.8 Å². The molecular weight excluding hydrogens is 307 g/mol. The lowest BCUT2D eigenvalue weighted by atomic mass is 9.92. The highest BCUT2D eigenvalue weighted by atomic mass is 19.1. The fourth-order valence-electron chi connectivity index (χ4n) is 3.17. The van der Waals surface area contributed by atoms with Crippen LogP contribution in [0.1, 0.15) is 25.7 Å². The molecule has 3 heterocycles. The smallest absolute Gasteiger partial charge is 0.223 e. The second-order valence-corrected chi connectivity index (χ2v) is 6.22. The van der Waals surface area contributed by atoms with Crippen molar-refractivity contribution in [2.75, 3.05) is 5.32 Å². The maximum Gasteiger partial charge on any atom is 0.223 e. The monoisotopic (exact) mass is 326 g/mol. The van der Waals surface area contributed by atoms with E-state index in [-0.39, 0.29) is 17.8 Å². The molecule has 0 aliphatic heterocycles. The van der Waals surface area contributed by atoms with Crippen molar-refractivity contribution < 1.29 is 4.39 Å². The van der Waals surface area contributed by atoms with Crippen LogP contribution in [0.25, 0.3) is 17.0 Å².